The summed E-state index contributed by atoms with van der Waals surface area (Å²) in [5, 5.41) is 13.4. The fourth-order valence-electron chi connectivity index (χ4n) is 2.24. The minimum atomic E-state index is -1.00. The standard InChI is InChI=1S/C13H17NO4S/c1-18-13(17)10(6-15)14-12(16)9-7-19-11-5-3-2-4-8(9)11/h7,10,15H,2-6H2,1H3,(H,14,16). The molecule has 1 amide bonds. The number of methoxy groups -OCH3 is 1. The number of hydrogen-bond donors (Lipinski definition) is 2. The molecule has 0 saturated carbocycles. The Bertz CT molecular complexity index is 483. The van der Waals surface area contributed by atoms with Crippen molar-refractivity contribution in [3.63, 3.8) is 0 Å². The molecule has 1 atom stereocenters. The largest absolute Gasteiger partial charge is 0.467 e. The number of amides is 1. The summed E-state index contributed by atoms with van der Waals surface area (Å²) in [6.07, 6.45) is 4.18. The second-order valence-corrected chi connectivity index (χ2v) is 5.45. The maximum absolute atomic E-state index is 12.1. The average Bonchev–Trinajstić information content (AvgIpc) is 2.87. The van der Waals surface area contributed by atoms with Gasteiger partial charge < -0.3 is 15.2 Å². The zero-order valence-corrected chi connectivity index (χ0v) is 11.6. The van der Waals surface area contributed by atoms with E-state index in [1.54, 1.807) is 11.3 Å². The quantitative estimate of drug-likeness (QED) is 0.805. The van der Waals surface area contributed by atoms with Gasteiger partial charge >= 0.3 is 5.97 Å². The fourth-order valence-corrected chi connectivity index (χ4v) is 3.37. The number of carbonyl (C=O) groups excluding carboxylic acids is 2. The highest BCUT2D eigenvalue weighted by atomic mass is 32.1. The van der Waals surface area contributed by atoms with Gasteiger partial charge in [0.2, 0.25) is 0 Å². The maximum atomic E-state index is 12.1. The molecule has 1 aromatic heterocycles. The summed E-state index contributed by atoms with van der Waals surface area (Å²) >= 11 is 1.59. The van der Waals surface area contributed by atoms with Crippen LogP contribution in [-0.4, -0.2) is 36.7 Å². The lowest BCUT2D eigenvalue weighted by molar-refractivity contribution is -0.143. The van der Waals surface area contributed by atoms with Crippen LogP contribution < -0.4 is 5.32 Å². The monoisotopic (exact) mass is 283 g/mol. The Kier molecular flexibility index (Phi) is 4.55. The number of fused-ring (bicyclic) bond motifs is 1. The number of hydrogen-bond acceptors (Lipinski definition) is 5. The predicted molar refractivity (Wildman–Crippen MR) is 71.3 cm³/mol. The van der Waals surface area contributed by atoms with Crippen molar-refractivity contribution in [1.29, 1.82) is 0 Å². The van der Waals surface area contributed by atoms with Crippen molar-refractivity contribution < 1.29 is 19.4 Å². The van der Waals surface area contributed by atoms with Gasteiger partial charge in [0, 0.05) is 10.3 Å². The Hall–Kier alpha value is -1.40. The third kappa shape index (κ3) is 2.96. The summed E-state index contributed by atoms with van der Waals surface area (Å²) in [4.78, 5) is 24.7. The van der Waals surface area contributed by atoms with Crippen LogP contribution >= 0.6 is 11.3 Å². The normalized spacial score (nSPS) is 15.5. The summed E-state index contributed by atoms with van der Waals surface area (Å²) in [6, 6.07) is -1.00. The first-order chi connectivity index (χ1) is 9.17. The molecule has 1 aliphatic rings. The van der Waals surface area contributed by atoms with Gasteiger partial charge in [0.05, 0.1) is 19.3 Å². The Morgan fingerprint density at radius 1 is 1.47 bits per heavy atom. The first-order valence-corrected chi connectivity index (χ1v) is 7.14. The van der Waals surface area contributed by atoms with E-state index >= 15 is 0 Å². The van der Waals surface area contributed by atoms with Crippen molar-refractivity contribution in [3.05, 3.63) is 21.4 Å². The molecule has 104 valence electrons. The van der Waals surface area contributed by atoms with Crippen molar-refractivity contribution in [1.82, 2.24) is 5.32 Å². The van der Waals surface area contributed by atoms with Gasteiger partial charge in [-0.2, -0.15) is 0 Å². The SMILES string of the molecule is COC(=O)C(CO)NC(=O)c1csc2c1CCCC2. The second-order valence-electron chi connectivity index (χ2n) is 4.49. The molecule has 0 bridgehead atoms. The lowest BCUT2D eigenvalue weighted by Crippen LogP contribution is -2.44. The topological polar surface area (TPSA) is 75.6 Å². The lowest BCUT2D eigenvalue weighted by atomic mass is 9.95. The number of aliphatic hydroxyl groups is 1. The third-order valence-electron chi connectivity index (χ3n) is 3.28. The fraction of sp³-hybridized carbons (Fsp3) is 0.538. The van der Waals surface area contributed by atoms with Crippen molar-refractivity contribution in [2.75, 3.05) is 13.7 Å². The van der Waals surface area contributed by atoms with Crippen molar-refractivity contribution in [3.8, 4) is 0 Å². The maximum Gasteiger partial charge on any atom is 0.330 e. The second kappa shape index (κ2) is 6.16. The van der Waals surface area contributed by atoms with Crippen LogP contribution in [-0.2, 0) is 22.4 Å². The van der Waals surface area contributed by atoms with Crippen LogP contribution in [0, 0.1) is 0 Å². The third-order valence-corrected chi connectivity index (χ3v) is 4.37. The minimum absolute atomic E-state index is 0.316. The van der Waals surface area contributed by atoms with Crippen LogP contribution in [0.15, 0.2) is 5.38 Å². The van der Waals surface area contributed by atoms with Gasteiger partial charge in [-0.15, -0.1) is 11.3 Å². The summed E-state index contributed by atoms with van der Waals surface area (Å²) < 4.78 is 4.52. The van der Waals surface area contributed by atoms with E-state index in [0.29, 0.717) is 5.56 Å². The number of esters is 1. The number of carbonyl (C=O) groups is 2. The molecule has 1 heterocycles. The number of thiophene rings is 1. The van der Waals surface area contributed by atoms with Gasteiger partial charge in [0.15, 0.2) is 6.04 Å². The van der Waals surface area contributed by atoms with Gasteiger partial charge in [-0.05, 0) is 31.2 Å². The average molecular weight is 283 g/mol. The number of aryl methyl sites for hydroxylation is 1. The van der Waals surface area contributed by atoms with Gasteiger partial charge in [-0.1, -0.05) is 0 Å². The molecule has 0 spiro atoms. The smallest absolute Gasteiger partial charge is 0.330 e. The molecule has 2 rings (SSSR count). The number of aliphatic hydroxyl groups excluding tert-OH is 1. The molecular weight excluding hydrogens is 266 g/mol. The first-order valence-electron chi connectivity index (χ1n) is 6.26. The highest BCUT2D eigenvalue weighted by Crippen LogP contribution is 2.30. The molecule has 5 nitrogen and oxygen atoms in total. The summed E-state index contributed by atoms with van der Waals surface area (Å²) in [7, 11) is 1.23. The zero-order valence-electron chi connectivity index (χ0n) is 10.8. The molecule has 19 heavy (non-hydrogen) atoms. The number of nitrogens with one attached hydrogen (secondary N) is 1. The van der Waals surface area contributed by atoms with Crippen LogP contribution in [0.3, 0.4) is 0 Å². The molecule has 0 aromatic carbocycles. The van der Waals surface area contributed by atoms with Crippen LogP contribution in [0.4, 0.5) is 0 Å². The molecule has 1 aromatic rings. The summed E-state index contributed by atoms with van der Waals surface area (Å²) in [5.41, 5.74) is 1.72. The highest BCUT2D eigenvalue weighted by molar-refractivity contribution is 7.10. The van der Waals surface area contributed by atoms with E-state index in [9.17, 15) is 9.59 Å². The molecule has 6 heteroatoms. The Balaban J connectivity index is 2.11. The van der Waals surface area contributed by atoms with Crippen molar-refractivity contribution >= 4 is 23.2 Å². The number of rotatable bonds is 4. The number of ether oxygens (including phenoxy) is 1. The molecule has 0 saturated heterocycles. The van der Waals surface area contributed by atoms with Crippen molar-refractivity contribution in [2.45, 2.75) is 31.7 Å². The van der Waals surface area contributed by atoms with E-state index in [1.807, 2.05) is 5.38 Å². The van der Waals surface area contributed by atoms with E-state index in [1.165, 1.54) is 12.0 Å². The highest BCUT2D eigenvalue weighted by Gasteiger charge is 2.25. The molecule has 0 fully saturated rings. The molecule has 2 N–H and O–H groups in total. The van der Waals surface area contributed by atoms with E-state index in [0.717, 1.165) is 31.2 Å². The van der Waals surface area contributed by atoms with Gasteiger partial charge in [0.1, 0.15) is 0 Å². The molecule has 0 aliphatic heterocycles. The van der Waals surface area contributed by atoms with E-state index in [2.05, 4.69) is 10.1 Å². The van der Waals surface area contributed by atoms with E-state index in [4.69, 9.17) is 5.11 Å². The van der Waals surface area contributed by atoms with Crippen LogP contribution in [0.1, 0.15) is 33.6 Å². The molecule has 1 unspecified atom stereocenters. The minimum Gasteiger partial charge on any atom is -0.467 e. The summed E-state index contributed by atoms with van der Waals surface area (Å²) in [6.45, 7) is -0.468. The molecule has 1 aliphatic carbocycles. The molecule has 0 radical (unpaired) electrons. The lowest BCUT2D eigenvalue weighted by Gasteiger charge is -2.16. The van der Waals surface area contributed by atoms with Crippen LogP contribution in [0.5, 0.6) is 0 Å². The molecular formula is C13H17NO4S. The van der Waals surface area contributed by atoms with Crippen molar-refractivity contribution in [2.24, 2.45) is 0 Å². The van der Waals surface area contributed by atoms with Gasteiger partial charge in [-0.3, -0.25) is 4.79 Å². The predicted octanol–water partition coefficient (Wildman–Crippen LogP) is 0.891. The van der Waals surface area contributed by atoms with E-state index in [-0.39, 0.29) is 5.91 Å². The van der Waals surface area contributed by atoms with Crippen LogP contribution in [0.2, 0.25) is 0 Å². The van der Waals surface area contributed by atoms with E-state index < -0.39 is 18.6 Å². The summed E-state index contributed by atoms with van der Waals surface area (Å²) in [5.74, 6) is -0.955. The Morgan fingerprint density at radius 2 is 2.21 bits per heavy atom. The zero-order chi connectivity index (χ0) is 13.8. The first kappa shape index (κ1) is 14.0. The Labute approximate surface area is 115 Å². The Morgan fingerprint density at radius 3 is 2.89 bits per heavy atom. The van der Waals surface area contributed by atoms with Gasteiger partial charge in [0.25, 0.3) is 5.91 Å². The van der Waals surface area contributed by atoms with Crippen LogP contribution in [0.25, 0.3) is 0 Å². The van der Waals surface area contributed by atoms with Gasteiger partial charge in [-0.25, -0.2) is 4.79 Å².